The number of aromatic amines is 1. The SMILES string of the molecule is CC(C)(F)CN1[C@H](c2c(F)cc(/C=C/C(=O)O)cc2F)c2[nH]c3ccccc3c2CC1(C)C. The monoisotopic (exact) mass is 456 g/mol. The zero-order valence-corrected chi connectivity index (χ0v) is 19.0. The number of nitrogens with one attached hydrogen (secondary N) is 1. The molecule has 2 aromatic carbocycles. The number of carbonyl (C=O) groups is 1. The zero-order valence-electron chi connectivity index (χ0n) is 19.0. The Labute approximate surface area is 190 Å². The second kappa shape index (κ2) is 8.06. The van der Waals surface area contributed by atoms with Crippen LogP contribution >= 0.6 is 0 Å². The summed E-state index contributed by atoms with van der Waals surface area (Å²) in [5.41, 5.74) is 0.177. The summed E-state index contributed by atoms with van der Waals surface area (Å²) < 4.78 is 45.9. The third-order valence-corrected chi connectivity index (χ3v) is 6.16. The minimum atomic E-state index is -1.60. The molecule has 0 fully saturated rings. The highest BCUT2D eigenvalue weighted by Crippen LogP contribution is 2.46. The van der Waals surface area contributed by atoms with E-state index in [1.54, 1.807) is 0 Å². The predicted octanol–water partition coefficient (Wildman–Crippen LogP) is 6.02. The van der Waals surface area contributed by atoms with E-state index < -0.39 is 34.9 Å². The Hall–Kier alpha value is -3.06. The van der Waals surface area contributed by atoms with Gasteiger partial charge in [-0.05, 0) is 69.5 Å². The first-order chi connectivity index (χ1) is 15.4. The molecule has 3 aromatic rings. The molecule has 0 aliphatic carbocycles. The van der Waals surface area contributed by atoms with Crippen molar-refractivity contribution in [2.75, 3.05) is 6.54 Å². The van der Waals surface area contributed by atoms with Crippen LogP contribution in [-0.2, 0) is 11.2 Å². The number of rotatable bonds is 5. The van der Waals surface area contributed by atoms with E-state index in [0.29, 0.717) is 12.1 Å². The van der Waals surface area contributed by atoms with Crippen LogP contribution in [0.1, 0.15) is 56.1 Å². The van der Waals surface area contributed by atoms with Crippen LogP contribution in [0.2, 0.25) is 0 Å². The summed E-state index contributed by atoms with van der Waals surface area (Å²) in [6.07, 6.45) is 2.55. The van der Waals surface area contributed by atoms with Crippen molar-refractivity contribution in [3.8, 4) is 0 Å². The highest BCUT2D eigenvalue weighted by atomic mass is 19.1. The van der Waals surface area contributed by atoms with Crippen molar-refractivity contribution in [3.05, 3.63) is 76.5 Å². The average molecular weight is 457 g/mol. The van der Waals surface area contributed by atoms with E-state index >= 15 is 8.78 Å². The van der Waals surface area contributed by atoms with Gasteiger partial charge in [-0.1, -0.05) is 18.2 Å². The van der Waals surface area contributed by atoms with E-state index in [1.807, 2.05) is 43.0 Å². The van der Waals surface area contributed by atoms with Gasteiger partial charge in [-0.3, -0.25) is 4.90 Å². The molecule has 0 bridgehead atoms. The van der Waals surface area contributed by atoms with E-state index in [4.69, 9.17) is 5.11 Å². The number of H-pyrrole nitrogens is 1. The number of para-hydroxylation sites is 1. The van der Waals surface area contributed by atoms with Crippen LogP contribution in [-0.4, -0.2) is 38.7 Å². The van der Waals surface area contributed by atoms with Crippen molar-refractivity contribution in [3.63, 3.8) is 0 Å². The van der Waals surface area contributed by atoms with E-state index in [-0.39, 0.29) is 17.7 Å². The van der Waals surface area contributed by atoms with Crippen molar-refractivity contribution in [2.45, 2.75) is 51.4 Å². The maximum atomic E-state index is 15.5. The fourth-order valence-corrected chi connectivity index (χ4v) is 4.82. The molecule has 0 saturated heterocycles. The van der Waals surface area contributed by atoms with Crippen LogP contribution in [0.5, 0.6) is 0 Å². The highest BCUT2D eigenvalue weighted by molar-refractivity contribution is 5.86. The molecule has 2 N–H and O–H groups in total. The molecule has 1 atom stereocenters. The zero-order chi connectivity index (χ0) is 24.1. The predicted molar refractivity (Wildman–Crippen MR) is 123 cm³/mol. The van der Waals surface area contributed by atoms with Gasteiger partial charge in [0.1, 0.15) is 17.3 Å². The number of carboxylic acid groups (broad SMARTS) is 1. The summed E-state index contributed by atoms with van der Waals surface area (Å²) in [4.78, 5) is 16.0. The quantitative estimate of drug-likeness (QED) is 0.462. The Morgan fingerprint density at radius 1 is 1.24 bits per heavy atom. The molecule has 0 amide bonds. The number of hydrogen-bond acceptors (Lipinski definition) is 2. The number of fused-ring (bicyclic) bond motifs is 3. The first-order valence-corrected chi connectivity index (χ1v) is 10.8. The lowest BCUT2D eigenvalue weighted by molar-refractivity contribution is -0.131. The summed E-state index contributed by atoms with van der Waals surface area (Å²) in [5.74, 6) is -2.84. The lowest BCUT2D eigenvalue weighted by atomic mass is 9.80. The largest absolute Gasteiger partial charge is 0.478 e. The first kappa shape index (κ1) is 23.1. The number of nitrogens with zero attached hydrogens (tertiary/aromatic N) is 1. The van der Waals surface area contributed by atoms with Crippen molar-refractivity contribution in [1.82, 2.24) is 9.88 Å². The smallest absolute Gasteiger partial charge is 0.328 e. The fraction of sp³-hybridized carbons (Fsp3) is 0.346. The highest BCUT2D eigenvalue weighted by Gasteiger charge is 2.45. The Balaban J connectivity index is 1.96. The second-order valence-electron chi connectivity index (χ2n) is 9.87. The molecule has 1 aromatic heterocycles. The maximum absolute atomic E-state index is 15.5. The van der Waals surface area contributed by atoms with Crippen LogP contribution in [0.15, 0.2) is 42.5 Å². The van der Waals surface area contributed by atoms with Crippen molar-refractivity contribution in [1.29, 1.82) is 0 Å². The number of benzene rings is 2. The second-order valence-corrected chi connectivity index (χ2v) is 9.87. The number of aliphatic carboxylic acids is 1. The molecule has 1 aliphatic rings. The van der Waals surface area contributed by atoms with Gasteiger partial charge < -0.3 is 10.1 Å². The molecule has 7 heteroatoms. The van der Waals surface area contributed by atoms with E-state index in [0.717, 1.165) is 40.8 Å². The number of hydrogen-bond donors (Lipinski definition) is 2. The van der Waals surface area contributed by atoms with E-state index in [9.17, 15) is 9.18 Å². The van der Waals surface area contributed by atoms with Crippen LogP contribution in [0.25, 0.3) is 17.0 Å². The van der Waals surface area contributed by atoms with Gasteiger partial charge in [-0.15, -0.1) is 0 Å². The Bertz CT molecular complexity index is 1230. The summed E-state index contributed by atoms with van der Waals surface area (Å²) in [5, 5.41) is 9.81. The van der Waals surface area contributed by atoms with Crippen LogP contribution in [0.4, 0.5) is 13.2 Å². The van der Waals surface area contributed by atoms with E-state index in [2.05, 4.69) is 4.98 Å². The van der Waals surface area contributed by atoms with Crippen LogP contribution < -0.4 is 0 Å². The minimum absolute atomic E-state index is 0.0287. The summed E-state index contributed by atoms with van der Waals surface area (Å²) in [7, 11) is 0. The normalized spacial score (nSPS) is 18.7. The topological polar surface area (TPSA) is 56.3 Å². The van der Waals surface area contributed by atoms with Gasteiger partial charge in [0, 0.05) is 40.3 Å². The van der Waals surface area contributed by atoms with Gasteiger partial charge in [-0.2, -0.15) is 0 Å². The van der Waals surface area contributed by atoms with Crippen LogP contribution in [0.3, 0.4) is 0 Å². The summed E-state index contributed by atoms with van der Waals surface area (Å²) >= 11 is 0. The van der Waals surface area contributed by atoms with Gasteiger partial charge in [0.2, 0.25) is 0 Å². The van der Waals surface area contributed by atoms with Gasteiger partial charge in [0.15, 0.2) is 0 Å². The molecular weight excluding hydrogens is 429 g/mol. The maximum Gasteiger partial charge on any atom is 0.328 e. The number of carboxylic acids is 1. The Kier molecular flexibility index (Phi) is 5.65. The third kappa shape index (κ3) is 4.42. The molecule has 0 saturated carbocycles. The van der Waals surface area contributed by atoms with Gasteiger partial charge in [0.25, 0.3) is 0 Å². The average Bonchev–Trinajstić information content (AvgIpc) is 3.04. The van der Waals surface area contributed by atoms with Crippen LogP contribution in [0, 0.1) is 11.6 Å². The number of aromatic nitrogens is 1. The molecule has 0 unspecified atom stereocenters. The fourth-order valence-electron chi connectivity index (χ4n) is 4.82. The molecule has 174 valence electrons. The molecule has 33 heavy (non-hydrogen) atoms. The summed E-state index contributed by atoms with van der Waals surface area (Å²) in [6, 6.07) is 9.02. The van der Waals surface area contributed by atoms with Gasteiger partial charge >= 0.3 is 5.97 Å². The Morgan fingerprint density at radius 2 is 1.88 bits per heavy atom. The molecule has 1 aliphatic heterocycles. The third-order valence-electron chi connectivity index (χ3n) is 6.16. The molecular formula is C26H27F3N2O2. The molecule has 4 nitrogen and oxygen atoms in total. The lowest BCUT2D eigenvalue weighted by Crippen LogP contribution is -2.55. The summed E-state index contributed by atoms with van der Waals surface area (Å²) in [6.45, 7) is 6.78. The standard InChI is InChI=1S/C26H27F3N2O2/c1-25(2,29)14-31-24(22-18(27)11-15(12-19(22)28)9-10-21(32)33)23-17(13-26(31,3)4)16-7-5-6-8-20(16)30-23/h5-12,24,30H,13-14H2,1-4H3,(H,32,33)/b10-9+/t24-/m1/s1. The Morgan fingerprint density at radius 3 is 2.48 bits per heavy atom. The van der Waals surface area contributed by atoms with Gasteiger partial charge in [0.05, 0.1) is 6.04 Å². The van der Waals surface area contributed by atoms with Crippen molar-refractivity contribution >= 4 is 22.9 Å². The number of halogens is 3. The molecule has 2 heterocycles. The van der Waals surface area contributed by atoms with E-state index in [1.165, 1.54) is 13.8 Å². The molecule has 0 spiro atoms. The molecule has 0 radical (unpaired) electrons. The molecule has 4 rings (SSSR count). The number of alkyl halides is 1. The lowest BCUT2D eigenvalue weighted by Gasteiger charge is -2.49. The van der Waals surface area contributed by atoms with Gasteiger partial charge in [-0.25, -0.2) is 18.0 Å². The first-order valence-electron chi connectivity index (χ1n) is 10.8. The minimum Gasteiger partial charge on any atom is -0.478 e. The van der Waals surface area contributed by atoms with Crippen molar-refractivity contribution in [2.24, 2.45) is 0 Å². The van der Waals surface area contributed by atoms with Crippen molar-refractivity contribution < 1.29 is 23.1 Å².